The van der Waals surface area contributed by atoms with E-state index in [-0.39, 0.29) is 11.6 Å². The van der Waals surface area contributed by atoms with Gasteiger partial charge in [-0.3, -0.25) is 0 Å². The molecule has 0 aliphatic rings. The van der Waals surface area contributed by atoms with Crippen molar-refractivity contribution in [1.29, 1.82) is 0 Å². The summed E-state index contributed by atoms with van der Waals surface area (Å²) in [5.74, 6) is -0.858. The van der Waals surface area contributed by atoms with Gasteiger partial charge < -0.3 is 9.84 Å². The van der Waals surface area contributed by atoms with E-state index < -0.39 is 5.97 Å². The Hall–Kier alpha value is -2.14. The van der Waals surface area contributed by atoms with Crippen LogP contribution in [0.5, 0.6) is 5.88 Å². The third-order valence-electron chi connectivity index (χ3n) is 2.12. The second-order valence-electron chi connectivity index (χ2n) is 3.46. The van der Waals surface area contributed by atoms with Crippen molar-refractivity contribution in [2.75, 3.05) is 0 Å². The Morgan fingerprint density at radius 2 is 2.17 bits per heavy atom. The molecule has 0 unspecified atom stereocenters. The Bertz CT molecular complexity index is 558. The molecule has 92 valence electrons. The highest BCUT2D eigenvalue weighted by Crippen LogP contribution is 2.13. The van der Waals surface area contributed by atoms with Crippen molar-refractivity contribution in [1.82, 2.24) is 9.97 Å². The largest absolute Gasteiger partial charge is 0.476 e. The molecule has 0 fully saturated rings. The lowest BCUT2D eigenvalue weighted by molar-refractivity contribution is 0.0689. The van der Waals surface area contributed by atoms with Crippen LogP contribution in [0.3, 0.4) is 0 Å². The highest BCUT2D eigenvalue weighted by Gasteiger charge is 2.05. The molecule has 0 atom stereocenters. The van der Waals surface area contributed by atoms with Crippen molar-refractivity contribution in [2.45, 2.75) is 6.61 Å². The van der Waals surface area contributed by atoms with Crippen molar-refractivity contribution >= 4 is 17.6 Å². The number of hydrogen-bond donors (Lipinski definition) is 1. The summed E-state index contributed by atoms with van der Waals surface area (Å²) in [5.41, 5.74) is 0.775. The van der Waals surface area contributed by atoms with Crippen LogP contribution in [0.25, 0.3) is 0 Å². The van der Waals surface area contributed by atoms with E-state index in [9.17, 15) is 4.79 Å². The lowest BCUT2D eigenvalue weighted by atomic mass is 10.2. The minimum atomic E-state index is -1.12. The third-order valence-corrected chi connectivity index (χ3v) is 2.36. The van der Waals surface area contributed by atoms with E-state index in [1.807, 2.05) is 12.1 Å². The van der Waals surface area contributed by atoms with Crippen molar-refractivity contribution in [3.63, 3.8) is 0 Å². The Morgan fingerprint density at radius 1 is 1.33 bits per heavy atom. The van der Waals surface area contributed by atoms with Crippen LogP contribution in [0.15, 0.2) is 36.7 Å². The fraction of sp³-hybridized carbons (Fsp3) is 0.0833. The molecule has 2 rings (SSSR count). The predicted molar refractivity (Wildman–Crippen MR) is 64.8 cm³/mol. The number of carboxylic acid groups (broad SMARTS) is 1. The SMILES string of the molecule is O=C(O)c1cnc(OCc2cccc(Cl)c2)cn1. The van der Waals surface area contributed by atoms with Crippen LogP contribution >= 0.6 is 11.6 Å². The highest BCUT2D eigenvalue weighted by molar-refractivity contribution is 6.30. The molecule has 0 saturated carbocycles. The molecule has 0 radical (unpaired) electrons. The van der Waals surface area contributed by atoms with E-state index >= 15 is 0 Å². The first-order valence-corrected chi connectivity index (χ1v) is 5.45. The van der Waals surface area contributed by atoms with Gasteiger partial charge in [0.2, 0.25) is 5.88 Å². The molecule has 5 nitrogen and oxygen atoms in total. The van der Waals surface area contributed by atoms with Gasteiger partial charge in [0.15, 0.2) is 5.69 Å². The van der Waals surface area contributed by atoms with E-state index in [1.54, 1.807) is 12.1 Å². The van der Waals surface area contributed by atoms with Gasteiger partial charge >= 0.3 is 5.97 Å². The number of nitrogens with zero attached hydrogens (tertiary/aromatic N) is 2. The minimum absolute atomic E-state index is 0.120. The molecule has 1 aromatic heterocycles. The molecule has 6 heteroatoms. The summed E-state index contributed by atoms with van der Waals surface area (Å²) < 4.78 is 5.36. The first kappa shape index (κ1) is 12.3. The highest BCUT2D eigenvalue weighted by atomic mass is 35.5. The minimum Gasteiger partial charge on any atom is -0.476 e. The van der Waals surface area contributed by atoms with E-state index in [1.165, 1.54) is 6.20 Å². The van der Waals surface area contributed by atoms with E-state index in [0.29, 0.717) is 11.6 Å². The lowest BCUT2D eigenvalue weighted by Crippen LogP contribution is -2.03. The van der Waals surface area contributed by atoms with Crippen molar-refractivity contribution in [3.05, 3.63) is 52.9 Å². The number of carboxylic acids is 1. The fourth-order valence-corrected chi connectivity index (χ4v) is 1.50. The second-order valence-corrected chi connectivity index (χ2v) is 3.90. The normalized spacial score (nSPS) is 10.1. The summed E-state index contributed by atoms with van der Waals surface area (Å²) in [6, 6.07) is 7.23. The Balaban J connectivity index is 2.00. The molecule has 0 saturated heterocycles. The summed E-state index contributed by atoms with van der Waals surface area (Å²) in [4.78, 5) is 18.1. The van der Waals surface area contributed by atoms with Crippen LogP contribution in [-0.4, -0.2) is 21.0 Å². The van der Waals surface area contributed by atoms with Gasteiger partial charge in [-0.15, -0.1) is 0 Å². The maximum absolute atomic E-state index is 10.6. The summed E-state index contributed by atoms with van der Waals surface area (Å²) in [6.07, 6.45) is 2.42. The van der Waals surface area contributed by atoms with Gasteiger partial charge in [0.25, 0.3) is 0 Å². The number of halogens is 1. The Morgan fingerprint density at radius 3 is 2.78 bits per heavy atom. The van der Waals surface area contributed by atoms with Gasteiger partial charge in [-0.1, -0.05) is 23.7 Å². The van der Waals surface area contributed by atoms with Gasteiger partial charge in [0, 0.05) is 5.02 Å². The lowest BCUT2D eigenvalue weighted by Gasteiger charge is -2.05. The maximum Gasteiger partial charge on any atom is 0.356 e. The number of benzene rings is 1. The molecule has 0 aliphatic carbocycles. The van der Waals surface area contributed by atoms with E-state index in [0.717, 1.165) is 11.8 Å². The predicted octanol–water partition coefficient (Wildman–Crippen LogP) is 2.41. The first-order valence-electron chi connectivity index (χ1n) is 5.08. The van der Waals surface area contributed by atoms with Crippen LogP contribution in [0.4, 0.5) is 0 Å². The molecular formula is C12H9ClN2O3. The molecule has 2 aromatic rings. The van der Waals surface area contributed by atoms with Gasteiger partial charge in [-0.25, -0.2) is 14.8 Å². The van der Waals surface area contributed by atoms with Gasteiger partial charge in [-0.05, 0) is 17.7 Å². The van der Waals surface area contributed by atoms with E-state index in [2.05, 4.69) is 9.97 Å². The molecular weight excluding hydrogens is 256 g/mol. The number of carbonyl (C=O) groups is 1. The number of rotatable bonds is 4. The van der Waals surface area contributed by atoms with Gasteiger partial charge in [0.05, 0.1) is 12.4 Å². The quantitative estimate of drug-likeness (QED) is 0.918. The van der Waals surface area contributed by atoms with Crippen LogP contribution in [0.2, 0.25) is 5.02 Å². The molecule has 0 spiro atoms. The summed E-state index contributed by atoms with van der Waals surface area (Å²) >= 11 is 5.83. The first-order chi connectivity index (χ1) is 8.65. The third kappa shape index (κ3) is 3.18. The van der Waals surface area contributed by atoms with Crippen molar-refractivity contribution < 1.29 is 14.6 Å². The van der Waals surface area contributed by atoms with Crippen LogP contribution in [0.1, 0.15) is 16.1 Å². The fourth-order valence-electron chi connectivity index (χ4n) is 1.29. The van der Waals surface area contributed by atoms with Crippen LogP contribution < -0.4 is 4.74 Å². The molecule has 0 aliphatic heterocycles. The summed E-state index contributed by atoms with van der Waals surface area (Å²) in [6.45, 7) is 0.293. The number of ether oxygens (including phenoxy) is 1. The number of aromatic carboxylic acids is 1. The standard InChI is InChI=1S/C12H9ClN2O3/c13-9-3-1-2-8(4-9)7-18-11-6-14-10(5-15-11)12(16)17/h1-6H,7H2,(H,16,17). The summed E-state index contributed by atoms with van der Waals surface area (Å²) in [7, 11) is 0. The second kappa shape index (κ2) is 5.46. The van der Waals surface area contributed by atoms with Crippen molar-refractivity contribution in [2.24, 2.45) is 0 Å². The van der Waals surface area contributed by atoms with Gasteiger partial charge in [0.1, 0.15) is 6.61 Å². The maximum atomic E-state index is 10.6. The molecule has 1 heterocycles. The van der Waals surface area contributed by atoms with Crippen molar-refractivity contribution in [3.8, 4) is 5.88 Å². The van der Waals surface area contributed by atoms with E-state index in [4.69, 9.17) is 21.4 Å². The van der Waals surface area contributed by atoms with Crippen LogP contribution in [0, 0.1) is 0 Å². The Labute approximate surface area is 108 Å². The smallest absolute Gasteiger partial charge is 0.356 e. The topological polar surface area (TPSA) is 72.3 Å². The molecule has 1 aromatic carbocycles. The number of aromatic nitrogens is 2. The average molecular weight is 265 g/mol. The zero-order valence-corrected chi connectivity index (χ0v) is 9.96. The molecule has 18 heavy (non-hydrogen) atoms. The zero-order chi connectivity index (χ0) is 13.0. The zero-order valence-electron chi connectivity index (χ0n) is 9.21. The van der Waals surface area contributed by atoms with Crippen LogP contribution in [-0.2, 0) is 6.61 Å². The number of hydrogen-bond acceptors (Lipinski definition) is 4. The molecule has 0 amide bonds. The summed E-state index contributed by atoms with van der Waals surface area (Å²) in [5, 5.41) is 9.28. The molecule has 1 N–H and O–H groups in total. The van der Waals surface area contributed by atoms with Gasteiger partial charge in [-0.2, -0.15) is 0 Å². The monoisotopic (exact) mass is 264 g/mol. The molecule has 0 bridgehead atoms. The Kier molecular flexibility index (Phi) is 3.74. The average Bonchev–Trinajstić information content (AvgIpc) is 2.37.